The van der Waals surface area contributed by atoms with E-state index < -0.39 is 0 Å². The van der Waals surface area contributed by atoms with E-state index in [9.17, 15) is 9.59 Å². The fraction of sp³-hybridized carbons (Fsp3) is 0.588. The van der Waals surface area contributed by atoms with Crippen LogP contribution in [-0.2, 0) is 4.79 Å². The highest BCUT2D eigenvalue weighted by Crippen LogP contribution is 2.29. The minimum Gasteiger partial charge on any atom is -0.352 e. The number of pyridine rings is 1. The number of hydrogen-bond acceptors (Lipinski definition) is 3. The minimum atomic E-state index is -0.0772. The molecule has 5 heteroatoms. The van der Waals surface area contributed by atoms with Crippen molar-refractivity contribution < 1.29 is 9.59 Å². The van der Waals surface area contributed by atoms with Gasteiger partial charge in [0.1, 0.15) is 0 Å². The maximum absolute atomic E-state index is 12.2. The molecule has 2 fully saturated rings. The molecule has 0 spiro atoms. The van der Waals surface area contributed by atoms with Crippen LogP contribution in [0, 0.1) is 12.8 Å². The number of carbonyl (C=O) groups is 2. The molecule has 1 unspecified atom stereocenters. The number of carbonyl (C=O) groups excluding carboxylic acids is 2. The molecule has 1 saturated heterocycles. The van der Waals surface area contributed by atoms with Crippen LogP contribution in [0.2, 0.25) is 0 Å². The lowest BCUT2D eigenvalue weighted by Crippen LogP contribution is -2.36. The normalized spacial score (nSPS) is 22.3. The number of aryl methyl sites for hydroxylation is 1. The molecule has 2 aliphatic rings. The lowest BCUT2D eigenvalue weighted by molar-refractivity contribution is -0.129. The van der Waals surface area contributed by atoms with Gasteiger partial charge in [0.25, 0.3) is 5.91 Å². The minimum absolute atomic E-state index is 0.0772. The number of nitrogens with one attached hydrogen (secondary N) is 1. The largest absolute Gasteiger partial charge is 0.352 e. The van der Waals surface area contributed by atoms with Crippen molar-refractivity contribution in [1.82, 2.24) is 15.2 Å². The van der Waals surface area contributed by atoms with Crippen LogP contribution in [0.15, 0.2) is 18.5 Å². The fourth-order valence-corrected chi connectivity index (χ4v) is 3.57. The summed E-state index contributed by atoms with van der Waals surface area (Å²) in [5.74, 6) is 0.414. The van der Waals surface area contributed by atoms with E-state index >= 15 is 0 Å². The van der Waals surface area contributed by atoms with Gasteiger partial charge in [-0.1, -0.05) is 12.8 Å². The lowest BCUT2D eigenvalue weighted by atomic mass is 10.1. The van der Waals surface area contributed by atoms with Crippen LogP contribution in [-0.4, -0.2) is 40.8 Å². The van der Waals surface area contributed by atoms with Crippen LogP contribution >= 0.6 is 0 Å². The maximum Gasteiger partial charge on any atom is 0.251 e. The Morgan fingerprint density at radius 2 is 2.18 bits per heavy atom. The van der Waals surface area contributed by atoms with Crippen LogP contribution in [0.3, 0.4) is 0 Å². The Hall–Kier alpha value is -1.91. The van der Waals surface area contributed by atoms with Gasteiger partial charge < -0.3 is 10.2 Å². The molecule has 2 amide bonds. The number of rotatable bonds is 4. The van der Waals surface area contributed by atoms with Crippen LogP contribution in [0.5, 0.6) is 0 Å². The van der Waals surface area contributed by atoms with Crippen molar-refractivity contribution in [3.8, 4) is 0 Å². The Kier molecular flexibility index (Phi) is 4.41. The molecule has 1 aromatic heterocycles. The molecule has 2 heterocycles. The van der Waals surface area contributed by atoms with Gasteiger partial charge in [-0.25, -0.2) is 0 Å². The summed E-state index contributed by atoms with van der Waals surface area (Å²) in [7, 11) is 0. The third-order valence-corrected chi connectivity index (χ3v) is 4.82. The second kappa shape index (κ2) is 6.46. The average Bonchev–Trinajstić information content (AvgIpc) is 3.14. The SMILES string of the molecule is Cc1cnccc1C(=O)NCC1CC(=O)N(C2CCCC2)C1. The molecular weight excluding hydrogens is 278 g/mol. The van der Waals surface area contributed by atoms with Crippen molar-refractivity contribution in [2.75, 3.05) is 13.1 Å². The van der Waals surface area contributed by atoms with E-state index in [1.807, 2.05) is 11.8 Å². The molecule has 0 radical (unpaired) electrons. The molecule has 0 aromatic carbocycles. The zero-order chi connectivity index (χ0) is 15.5. The molecular formula is C17H23N3O2. The Labute approximate surface area is 131 Å². The maximum atomic E-state index is 12.2. The van der Waals surface area contributed by atoms with E-state index in [-0.39, 0.29) is 17.7 Å². The predicted molar refractivity (Wildman–Crippen MR) is 83.4 cm³/mol. The second-order valence-electron chi connectivity index (χ2n) is 6.46. The van der Waals surface area contributed by atoms with E-state index in [4.69, 9.17) is 0 Å². The van der Waals surface area contributed by atoms with E-state index in [1.165, 1.54) is 12.8 Å². The molecule has 5 nitrogen and oxygen atoms in total. The van der Waals surface area contributed by atoms with Crippen molar-refractivity contribution in [1.29, 1.82) is 0 Å². The van der Waals surface area contributed by atoms with Crippen molar-refractivity contribution in [2.24, 2.45) is 5.92 Å². The predicted octanol–water partition coefficient (Wildman–Crippen LogP) is 1.91. The Balaban J connectivity index is 1.53. The van der Waals surface area contributed by atoms with Crippen LogP contribution in [0.25, 0.3) is 0 Å². The summed E-state index contributed by atoms with van der Waals surface area (Å²) in [4.78, 5) is 30.4. The third kappa shape index (κ3) is 3.13. The Morgan fingerprint density at radius 3 is 2.91 bits per heavy atom. The number of hydrogen-bond donors (Lipinski definition) is 1. The standard InChI is InChI=1S/C17H23N3O2/c1-12-9-18-7-6-15(12)17(22)19-10-13-8-16(21)20(11-13)14-4-2-3-5-14/h6-7,9,13-14H,2-5,8,10-11H2,1H3,(H,19,22). The first-order valence-electron chi connectivity index (χ1n) is 8.13. The van der Waals surface area contributed by atoms with Gasteiger partial charge in [-0.05, 0) is 31.4 Å². The molecule has 1 N–H and O–H groups in total. The van der Waals surface area contributed by atoms with Gasteiger partial charge in [0.05, 0.1) is 0 Å². The van der Waals surface area contributed by atoms with Gasteiger partial charge in [0, 0.05) is 49.4 Å². The van der Waals surface area contributed by atoms with Gasteiger partial charge in [0.2, 0.25) is 5.91 Å². The van der Waals surface area contributed by atoms with Crippen molar-refractivity contribution in [2.45, 2.75) is 45.1 Å². The van der Waals surface area contributed by atoms with Gasteiger partial charge in [0.15, 0.2) is 0 Å². The number of likely N-dealkylation sites (tertiary alicyclic amines) is 1. The zero-order valence-electron chi connectivity index (χ0n) is 13.0. The summed E-state index contributed by atoms with van der Waals surface area (Å²) in [6, 6.07) is 2.17. The molecule has 0 bridgehead atoms. The summed E-state index contributed by atoms with van der Waals surface area (Å²) in [5, 5.41) is 2.97. The zero-order valence-corrected chi connectivity index (χ0v) is 13.0. The molecule has 22 heavy (non-hydrogen) atoms. The summed E-state index contributed by atoms with van der Waals surface area (Å²) >= 11 is 0. The summed E-state index contributed by atoms with van der Waals surface area (Å²) in [6.07, 6.45) is 8.63. The molecule has 1 atom stereocenters. The van der Waals surface area contributed by atoms with Crippen LogP contribution in [0.4, 0.5) is 0 Å². The second-order valence-corrected chi connectivity index (χ2v) is 6.46. The van der Waals surface area contributed by atoms with Gasteiger partial charge in [-0.2, -0.15) is 0 Å². The Bertz CT molecular complexity index is 567. The van der Waals surface area contributed by atoms with Gasteiger partial charge in [-0.3, -0.25) is 14.6 Å². The lowest BCUT2D eigenvalue weighted by Gasteiger charge is -2.24. The molecule has 1 aliphatic heterocycles. The average molecular weight is 301 g/mol. The number of aromatic nitrogens is 1. The van der Waals surface area contributed by atoms with E-state index in [1.54, 1.807) is 18.5 Å². The molecule has 1 saturated carbocycles. The topological polar surface area (TPSA) is 62.3 Å². The molecule has 1 aromatic rings. The Morgan fingerprint density at radius 1 is 1.41 bits per heavy atom. The number of amides is 2. The monoisotopic (exact) mass is 301 g/mol. The van der Waals surface area contributed by atoms with Crippen molar-refractivity contribution in [3.63, 3.8) is 0 Å². The van der Waals surface area contributed by atoms with Crippen molar-refractivity contribution >= 4 is 11.8 Å². The molecule has 3 rings (SSSR count). The fourth-order valence-electron chi connectivity index (χ4n) is 3.57. The van der Waals surface area contributed by atoms with E-state index in [0.717, 1.165) is 24.9 Å². The van der Waals surface area contributed by atoms with Crippen LogP contribution < -0.4 is 5.32 Å². The first-order valence-corrected chi connectivity index (χ1v) is 8.13. The van der Waals surface area contributed by atoms with Crippen LogP contribution in [0.1, 0.15) is 48.0 Å². The molecule has 118 valence electrons. The van der Waals surface area contributed by atoms with E-state index in [0.29, 0.717) is 24.6 Å². The number of nitrogens with zero attached hydrogens (tertiary/aromatic N) is 2. The highest BCUT2D eigenvalue weighted by Gasteiger charge is 2.35. The third-order valence-electron chi connectivity index (χ3n) is 4.82. The van der Waals surface area contributed by atoms with Crippen molar-refractivity contribution in [3.05, 3.63) is 29.6 Å². The summed E-state index contributed by atoms with van der Waals surface area (Å²) in [6.45, 7) is 3.23. The summed E-state index contributed by atoms with van der Waals surface area (Å²) < 4.78 is 0. The van der Waals surface area contributed by atoms with Gasteiger partial charge >= 0.3 is 0 Å². The highest BCUT2D eigenvalue weighted by molar-refractivity contribution is 5.95. The first-order chi connectivity index (χ1) is 10.6. The summed E-state index contributed by atoms with van der Waals surface area (Å²) in [5.41, 5.74) is 1.53. The quantitative estimate of drug-likeness (QED) is 0.924. The first kappa shape index (κ1) is 15.0. The van der Waals surface area contributed by atoms with E-state index in [2.05, 4.69) is 10.3 Å². The highest BCUT2D eigenvalue weighted by atomic mass is 16.2. The smallest absolute Gasteiger partial charge is 0.251 e. The van der Waals surface area contributed by atoms with Gasteiger partial charge in [-0.15, -0.1) is 0 Å². The molecule has 1 aliphatic carbocycles.